The lowest BCUT2D eigenvalue weighted by Crippen LogP contribution is -2.12. The molecule has 0 amide bonds. The van der Waals surface area contributed by atoms with E-state index in [1.54, 1.807) is 25.6 Å². The van der Waals surface area contributed by atoms with Crippen LogP contribution < -0.4 is 10.1 Å². The number of anilines is 1. The molecule has 9 heteroatoms. The van der Waals surface area contributed by atoms with Crippen LogP contribution in [0.25, 0.3) is 21.9 Å². The number of hydrogen-bond donors (Lipinski definition) is 2. The Morgan fingerprint density at radius 3 is 2.69 bits per heavy atom. The van der Waals surface area contributed by atoms with Crippen LogP contribution in [-0.2, 0) is 6.54 Å². The summed E-state index contributed by atoms with van der Waals surface area (Å²) in [4.78, 5) is 29.7. The van der Waals surface area contributed by atoms with Gasteiger partial charge in [0.15, 0.2) is 11.5 Å². The van der Waals surface area contributed by atoms with Crippen LogP contribution in [0, 0.1) is 6.92 Å². The molecule has 0 radical (unpaired) electrons. The first-order valence-corrected chi connectivity index (χ1v) is 11.1. The first-order chi connectivity index (χ1) is 16.9. The Morgan fingerprint density at radius 1 is 1.14 bits per heavy atom. The molecule has 2 aromatic carbocycles. The smallest absolute Gasteiger partial charge is 0.336 e. The fraction of sp³-hybridized carbons (Fsp3) is 0.192. The number of fused-ring (bicyclic) bond motifs is 2. The number of methoxy groups -OCH3 is 1. The topological polar surface area (TPSA) is 115 Å². The first-order valence-electron chi connectivity index (χ1n) is 11.1. The van der Waals surface area contributed by atoms with Crippen molar-refractivity contribution in [3.63, 3.8) is 0 Å². The van der Waals surface area contributed by atoms with Gasteiger partial charge in [0.2, 0.25) is 0 Å². The van der Waals surface area contributed by atoms with E-state index < -0.39 is 5.97 Å². The number of ether oxygens (including phenoxy) is 1. The molecule has 0 aliphatic carbocycles. The lowest BCUT2D eigenvalue weighted by Gasteiger charge is -2.16. The van der Waals surface area contributed by atoms with Gasteiger partial charge in [-0.15, -0.1) is 0 Å². The van der Waals surface area contributed by atoms with Gasteiger partial charge in [0.25, 0.3) is 0 Å². The second-order valence-electron chi connectivity index (χ2n) is 8.32. The summed E-state index contributed by atoms with van der Waals surface area (Å²) < 4.78 is 7.20. The van der Waals surface area contributed by atoms with Crippen molar-refractivity contribution in [1.82, 2.24) is 24.5 Å². The maximum atomic E-state index is 11.6. The minimum Gasteiger partial charge on any atom is -0.497 e. The summed E-state index contributed by atoms with van der Waals surface area (Å²) in [5.74, 6) is 0.451. The molecule has 0 aliphatic rings. The van der Waals surface area contributed by atoms with E-state index in [1.807, 2.05) is 54.8 Å². The summed E-state index contributed by atoms with van der Waals surface area (Å²) in [6, 6.07) is 14.8. The van der Waals surface area contributed by atoms with E-state index in [4.69, 9.17) is 9.72 Å². The Hall–Kier alpha value is -4.53. The largest absolute Gasteiger partial charge is 0.497 e. The number of pyridine rings is 1. The zero-order chi connectivity index (χ0) is 24.5. The number of carboxylic acid groups (broad SMARTS) is 1. The monoisotopic (exact) mass is 468 g/mol. The van der Waals surface area contributed by atoms with E-state index in [-0.39, 0.29) is 11.6 Å². The summed E-state index contributed by atoms with van der Waals surface area (Å²) in [5.41, 5.74) is 4.18. The molecule has 0 unspecified atom stereocenters. The molecule has 5 aromatic rings. The number of benzene rings is 2. The fourth-order valence-electron chi connectivity index (χ4n) is 4.24. The van der Waals surface area contributed by atoms with Crippen LogP contribution in [0.2, 0.25) is 0 Å². The molecule has 1 atom stereocenters. The summed E-state index contributed by atoms with van der Waals surface area (Å²) in [7, 11) is 1.65. The van der Waals surface area contributed by atoms with Crippen LogP contribution in [0.3, 0.4) is 0 Å². The summed E-state index contributed by atoms with van der Waals surface area (Å²) in [6.45, 7) is 4.43. The van der Waals surface area contributed by atoms with Gasteiger partial charge in [0.05, 0.1) is 37.3 Å². The third-order valence-electron chi connectivity index (χ3n) is 6.00. The molecule has 3 heterocycles. The molecule has 0 bridgehead atoms. The number of rotatable bonds is 7. The number of aromatic nitrogens is 5. The zero-order valence-electron chi connectivity index (χ0n) is 19.6. The average molecular weight is 469 g/mol. The van der Waals surface area contributed by atoms with E-state index in [0.717, 1.165) is 28.0 Å². The van der Waals surface area contributed by atoms with Crippen molar-refractivity contribution in [3.8, 4) is 5.75 Å². The number of nitrogens with one attached hydrogen (secondary N) is 1. The van der Waals surface area contributed by atoms with Gasteiger partial charge in [-0.25, -0.2) is 19.7 Å². The molecule has 2 N–H and O–H groups in total. The lowest BCUT2D eigenvalue weighted by molar-refractivity contribution is 0.0699. The summed E-state index contributed by atoms with van der Waals surface area (Å²) >= 11 is 0. The molecule has 3 aromatic heterocycles. The van der Waals surface area contributed by atoms with Crippen LogP contribution >= 0.6 is 0 Å². The van der Waals surface area contributed by atoms with E-state index in [2.05, 4.69) is 20.3 Å². The Labute approximate surface area is 201 Å². The van der Waals surface area contributed by atoms with Crippen LogP contribution in [0.5, 0.6) is 5.75 Å². The molecule has 0 saturated carbocycles. The minimum absolute atomic E-state index is 0.198. The Morgan fingerprint density at radius 2 is 1.94 bits per heavy atom. The molecule has 0 saturated heterocycles. The third-order valence-corrected chi connectivity index (χ3v) is 6.00. The van der Waals surface area contributed by atoms with Crippen molar-refractivity contribution in [2.24, 2.45) is 0 Å². The Kier molecular flexibility index (Phi) is 5.74. The minimum atomic E-state index is -0.965. The molecule has 0 spiro atoms. The summed E-state index contributed by atoms with van der Waals surface area (Å²) in [5, 5.41) is 14.4. The SMILES string of the molecule is COc1ccc(Cn2cnc3c(N[C@@H](C)c4cc5cccc(C(=O)O)c5c(C)n4)ncnc32)cc1. The third kappa shape index (κ3) is 4.23. The van der Waals surface area contributed by atoms with E-state index in [1.165, 1.54) is 6.33 Å². The predicted molar refractivity (Wildman–Crippen MR) is 133 cm³/mol. The maximum Gasteiger partial charge on any atom is 0.336 e. The number of hydrogen-bond acceptors (Lipinski definition) is 7. The van der Waals surface area contributed by atoms with Gasteiger partial charge in [0.1, 0.15) is 17.6 Å². The van der Waals surface area contributed by atoms with Gasteiger partial charge in [-0.3, -0.25) is 4.98 Å². The van der Waals surface area contributed by atoms with Gasteiger partial charge in [-0.1, -0.05) is 24.3 Å². The van der Waals surface area contributed by atoms with Crippen LogP contribution in [0.4, 0.5) is 5.82 Å². The molecular formula is C26H24N6O3. The number of carbonyl (C=O) groups is 1. The highest BCUT2D eigenvalue weighted by molar-refractivity contribution is 6.04. The average Bonchev–Trinajstić information content (AvgIpc) is 3.27. The van der Waals surface area contributed by atoms with Crippen molar-refractivity contribution in [2.75, 3.05) is 12.4 Å². The second kappa shape index (κ2) is 9.02. The van der Waals surface area contributed by atoms with Crippen molar-refractivity contribution in [3.05, 3.63) is 83.7 Å². The highest BCUT2D eigenvalue weighted by Gasteiger charge is 2.17. The number of carboxylic acids is 1. The maximum absolute atomic E-state index is 11.6. The molecule has 0 aliphatic heterocycles. The van der Waals surface area contributed by atoms with Crippen LogP contribution in [-0.4, -0.2) is 42.7 Å². The highest BCUT2D eigenvalue weighted by atomic mass is 16.5. The molecule has 5 rings (SSSR count). The molecule has 0 fully saturated rings. The summed E-state index contributed by atoms with van der Waals surface area (Å²) in [6.07, 6.45) is 3.27. The van der Waals surface area contributed by atoms with E-state index in [0.29, 0.717) is 29.0 Å². The van der Waals surface area contributed by atoms with Crippen molar-refractivity contribution < 1.29 is 14.6 Å². The lowest BCUT2D eigenvalue weighted by atomic mass is 10.0. The highest BCUT2D eigenvalue weighted by Crippen LogP contribution is 2.28. The van der Waals surface area contributed by atoms with E-state index >= 15 is 0 Å². The number of aromatic carboxylic acids is 1. The number of imidazole rings is 1. The number of aryl methyl sites for hydroxylation is 1. The Balaban J connectivity index is 1.43. The number of nitrogens with zero attached hydrogens (tertiary/aromatic N) is 5. The molecular weight excluding hydrogens is 444 g/mol. The van der Waals surface area contributed by atoms with Crippen molar-refractivity contribution in [1.29, 1.82) is 0 Å². The normalized spacial score (nSPS) is 12.1. The molecule has 35 heavy (non-hydrogen) atoms. The zero-order valence-corrected chi connectivity index (χ0v) is 19.6. The van der Waals surface area contributed by atoms with Crippen LogP contribution in [0.1, 0.15) is 40.3 Å². The van der Waals surface area contributed by atoms with E-state index in [9.17, 15) is 9.90 Å². The molecule has 9 nitrogen and oxygen atoms in total. The Bertz CT molecular complexity index is 1540. The fourth-order valence-corrected chi connectivity index (χ4v) is 4.24. The van der Waals surface area contributed by atoms with Crippen molar-refractivity contribution in [2.45, 2.75) is 26.4 Å². The predicted octanol–water partition coefficient (Wildman–Crippen LogP) is 4.61. The van der Waals surface area contributed by atoms with Gasteiger partial charge >= 0.3 is 5.97 Å². The van der Waals surface area contributed by atoms with Gasteiger partial charge in [0, 0.05) is 11.1 Å². The molecule has 176 valence electrons. The second-order valence-corrected chi connectivity index (χ2v) is 8.32. The van der Waals surface area contributed by atoms with Gasteiger partial charge in [-0.2, -0.15) is 0 Å². The first kappa shape index (κ1) is 22.3. The van der Waals surface area contributed by atoms with Crippen molar-refractivity contribution >= 4 is 33.7 Å². The standard InChI is InChI=1S/C26H24N6O3/c1-15(21-11-18-5-4-6-20(26(33)34)22(18)16(2)30-21)31-24-23-25(28-13-27-24)32(14-29-23)12-17-7-9-19(35-3)10-8-17/h4-11,13-15H,12H2,1-3H3,(H,33,34)(H,27,28,31)/t15-/m0/s1. The van der Waals surface area contributed by atoms with Gasteiger partial charge < -0.3 is 19.7 Å². The van der Waals surface area contributed by atoms with Crippen LogP contribution in [0.15, 0.2) is 61.2 Å². The van der Waals surface area contributed by atoms with Gasteiger partial charge in [-0.05, 0) is 49.1 Å². The quantitative estimate of drug-likeness (QED) is 0.356.